The number of hydrogen-bond acceptors (Lipinski definition) is 4. The second-order valence-corrected chi connectivity index (χ2v) is 22.3. The van der Waals surface area contributed by atoms with Crippen molar-refractivity contribution < 1.29 is 8.83 Å². The van der Waals surface area contributed by atoms with Crippen LogP contribution in [0.5, 0.6) is 0 Å². The van der Waals surface area contributed by atoms with Gasteiger partial charge in [0, 0.05) is 55.7 Å². The summed E-state index contributed by atoms with van der Waals surface area (Å²) in [5.74, 6) is 0. The van der Waals surface area contributed by atoms with E-state index in [0.717, 1.165) is 78.0 Å². The van der Waals surface area contributed by atoms with Crippen LogP contribution in [0.3, 0.4) is 0 Å². The van der Waals surface area contributed by atoms with Gasteiger partial charge in [0.2, 0.25) is 0 Å². The number of para-hydroxylation sites is 2. The second-order valence-electron chi connectivity index (χ2n) is 22.3. The van der Waals surface area contributed by atoms with Crippen LogP contribution in [0.15, 0.2) is 324 Å². The van der Waals surface area contributed by atoms with Crippen LogP contribution >= 0.6 is 0 Å². The predicted octanol–water partition coefficient (Wildman–Crippen LogP) is 21.2. The monoisotopic (exact) mass is 1070 g/mol. The zero-order valence-corrected chi connectivity index (χ0v) is 45.7. The third kappa shape index (κ3) is 7.01. The molecule has 15 aromatic rings. The predicted molar refractivity (Wildman–Crippen MR) is 345 cm³/mol. The number of fused-ring (bicyclic) bond motifs is 12. The van der Waals surface area contributed by atoms with Crippen molar-refractivity contribution >= 4 is 78.0 Å². The highest BCUT2D eigenvalue weighted by Gasteiger charge is 2.48. The SMILES string of the molecule is c1ccc(C2(c3cccc(N(c4cccc(N(c5ccc6c(c5)C(c5ccccc5)(c5ccccc5)c5ccccc5-6)c5ccc6oc7ccccc7c6c5)c4)c4ccc5oc6ccccc6c5c4)c3)c3ccccc3-c3ccccc32)cc1. The quantitative estimate of drug-likeness (QED) is 0.137. The van der Waals surface area contributed by atoms with Crippen LogP contribution < -0.4 is 9.80 Å². The van der Waals surface area contributed by atoms with Crippen LogP contribution in [-0.4, -0.2) is 0 Å². The second kappa shape index (κ2) is 18.8. The fraction of sp³-hybridized carbons (Fsp3) is 0.0250. The molecule has 0 saturated heterocycles. The van der Waals surface area contributed by atoms with Gasteiger partial charge in [-0.05, 0) is 158 Å². The Labute approximate surface area is 487 Å². The first-order valence-electron chi connectivity index (χ1n) is 28.9. The molecule has 4 heteroatoms. The Morgan fingerprint density at radius 2 is 0.536 bits per heavy atom. The van der Waals surface area contributed by atoms with Gasteiger partial charge in [-0.3, -0.25) is 0 Å². The molecule has 0 unspecified atom stereocenters. The van der Waals surface area contributed by atoms with E-state index in [1.807, 2.05) is 12.1 Å². The van der Waals surface area contributed by atoms with Crippen LogP contribution in [0, 0.1) is 0 Å². The Balaban J connectivity index is 0.909. The van der Waals surface area contributed by atoms with Gasteiger partial charge in [0.25, 0.3) is 0 Å². The maximum absolute atomic E-state index is 6.51. The zero-order chi connectivity index (χ0) is 55.3. The maximum Gasteiger partial charge on any atom is 0.135 e. The number of rotatable bonds is 10. The molecular weight excluding hydrogens is 1020 g/mol. The van der Waals surface area contributed by atoms with Crippen LogP contribution in [-0.2, 0) is 10.8 Å². The van der Waals surface area contributed by atoms with E-state index in [-0.39, 0.29) is 0 Å². The summed E-state index contributed by atoms with van der Waals surface area (Å²) < 4.78 is 13.0. The minimum atomic E-state index is -0.600. The normalized spacial score (nSPS) is 13.4. The van der Waals surface area contributed by atoms with Gasteiger partial charge in [-0.2, -0.15) is 0 Å². The lowest BCUT2D eigenvalue weighted by atomic mass is 9.67. The summed E-state index contributed by atoms with van der Waals surface area (Å²) in [7, 11) is 0. The van der Waals surface area contributed by atoms with E-state index in [0.29, 0.717) is 0 Å². The summed E-state index contributed by atoms with van der Waals surface area (Å²) in [4.78, 5) is 4.87. The Bertz CT molecular complexity index is 4970. The van der Waals surface area contributed by atoms with Crippen LogP contribution in [0.25, 0.3) is 66.1 Å². The Kier molecular flexibility index (Phi) is 10.7. The summed E-state index contributed by atoms with van der Waals surface area (Å²) >= 11 is 0. The number of anilines is 6. The van der Waals surface area contributed by atoms with Crippen molar-refractivity contribution in [1.82, 2.24) is 0 Å². The van der Waals surface area contributed by atoms with Crippen molar-refractivity contribution in [3.63, 3.8) is 0 Å². The molecule has 0 bridgehead atoms. The van der Waals surface area contributed by atoms with Crippen molar-refractivity contribution in [3.8, 4) is 22.3 Å². The molecule has 2 heterocycles. The first kappa shape index (κ1) is 47.8. The van der Waals surface area contributed by atoms with Crippen LogP contribution in [0.2, 0.25) is 0 Å². The van der Waals surface area contributed by atoms with Crippen LogP contribution in [0.4, 0.5) is 34.1 Å². The Hall–Kier alpha value is -10.9. The minimum absolute atomic E-state index is 0.599. The highest BCUT2D eigenvalue weighted by atomic mass is 16.3. The molecule has 0 N–H and O–H groups in total. The van der Waals surface area contributed by atoms with E-state index < -0.39 is 10.8 Å². The average molecular weight is 1070 g/mol. The molecule has 2 aliphatic carbocycles. The lowest BCUT2D eigenvalue weighted by Gasteiger charge is -2.35. The average Bonchev–Trinajstić information content (AvgIpc) is 2.15. The summed E-state index contributed by atoms with van der Waals surface area (Å²) in [6.45, 7) is 0. The number of furan rings is 2. The molecule has 2 aromatic heterocycles. The van der Waals surface area contributed by atoms with E-state index in [1.165, 1.54) is 66.8 Å². The molecule has 0 spiro atoms. The van der Waals surface area contributed by atoms with Gasteiger partial charge in [-0.25, -0.2) is 0 Å². The van der Waals surface area contributed by atoms with Crippen molar-refractivity contribution in [3.05, 3.63) is 360 Å². The molecule has 0 atom stereocenters. The van der Waals surface area contributed by atoms with Gasteiger partial charge in [0.15, 0.2) is 0 Å². The number of hydrogen-bond donors (Lipinski definition) is 0. The molecule has 84 heavy (non-hydrogen) atoms. The number of nitrogens with zero attached hydrogens (tertiary/aromatic N) is 2. The smallest absolute Gasteiger partial charge is 0.135 e. The molecule has 2 aliphatic rings. The lowest BCUT2D eigenvalue weighted by Crippen LogP contribution is -2.28. The summed E-state index contributed by atoms with van der Waals surface area (Å²) in [5.41, 5.74) is 23.2. The largest absolute Gasteiger partial charge is 0.456 e. The van der Waals surface area contributed by atoms with E-state index in [2.05, 4.69) is 313 Å². The minimum Gasteiger partial charge on any atom is -0.456 e. The fourth-order valence-electron chi connectivity index (χ4n) is 14.5. The van der Waals surface area contributed by atoms with E-state index >= 15 is 0 Å². The van der Waals surface area contributed by atoms with Gasteiger partial charge < -0.3 is 18.6 Å². The van der Waals surface area contributed by atoms with Gasteiger partial charge in [0.05, 0.1) is 10.8 Å². The summed E-state index contributed by atoms with van der Waals surface area (Å²) in [6, 6.07) is 116. The van der Waals surface area contributed by atoms with E-state index in [4.69, 9.17) is 8.83 Å². The molecule has 13 aromatic carbocycles. The summed E-state index contributed by atoms with van der Waals surface area (Å²) in [5, 5.41) is 4.27. The Morgan fingerprint density at radius 3 is 1.02 bits per heavy atom. The van der Waals surface area contributed by atoms with E-state index in [1.54, 1.807) is 0 Å². The van der Waals surface area contributed by atoms with Gasteiger partial charge in [-0.15, -0.1) is 0 Å². The van der Waals surface area contributed by atoms with Gasteiger partial charge >= 0.3 is 0 Å². The van der Waals surface area contributed by atoms with Gasteiger partial charge in [0.1, 0.15) is 22.3 Å². The standard InChI is InChI=1S/C80H52N2O2/c1-4-22-53(23-5-1)79(54-24-6-2-7-25-54)71-37-15-12-34-65(71)66-45-42-62(52-74(66)79)82(61-44-47-78-70(51-61)68-36-14-19-41-76(68)84-78)59-31-21-30-58(49-59)81(60-43-46-77-69(50-60)67-35-13-18-40-75(67)83-77)57-29-20-28-56(48-57)80(55-26-8-3-9-27-55)72-38-16-10-32-63(72)64-33-11-17-39-73(64)80/h1-52H. The van der Waals surface area contributed by atoms with Crippen molar-refractivity contribution in [2.75, 3.05) is 9.80 Å². The van der Waals surface area contributed by atoms with Gasteiger partial charge in [-0.1, -0.05) is 224 Å². The molecule has 17 rings (SSSR count). The molecule has 0 radical (unpaired) electrons. The lowest BCUT2D eigenvalue weighted by molar-refractivity contribution is 0.668. The third-order valence-electron chi connectivity index (χ3n) is 18.0. The van der Waals surface area contributed by atoms with Crippen molar-refractivity contribution in [2.24, 2.45) is 0 Å². The van der Waals surface area contributed by atoms with Crippen molar-refractivity contribution in [2.45, 2.75) is 10.8 Å². The molecule has 394 valence electrons. The third-order valence-corrected chi connectivity index (χ3v) is 18.0. The highest BCUT2D eigenvalue weighted by molar-refractivity contribution is 6.08. The first-order chi connectivity index (χ1) is 41.6. The zero-order valence-electron chi connectivity index (χ0n) is 45.7. The molecule has 0 fully saturated rings. The molecule has 4 nitrogen and oxygen atoms in total. The highest BCUT2D eigenvalue weighted by Crippen LogP contribution is 2.59. The molecule has 0 aliphatic heterocycles. The van der Waals surface area contributed by atoms with E-state index in [9.17, 15) is 0 Å². The fourth-order valence-corrected chi connectivity index (χ4v) is 14.5. The summed E-state index contributed by atoms with van der Waals surface area (Å²) in [6.07, 6.45) is 0. The Morgan fingerprint density at radius 1 is 0.202 bits per heavy atom. The first-order valence-corrected chi connectivity index (χ1v) is 28.9. The molecule has 0 amide bonds. The topological polar surface area (TPSA) is 32.8 Å². The maximum atomic E-state index is 6.51. The molecular formula is C80H52N2O2. The molecule has 0 saturated carbocycles. The van der Waals surface area contributed by atoms with Crippen molar-refractivity contribution in [1.29, 1.82) is 0 Å². The number of benzene rings is 13. The van der Waals surface area contributed by atoms with Crippen LogP contribution in [0.1, 0.15) is 44.5 Å².